The summed E-state index contributed by atoms with van der Waals surface area (Å²) in [5, 5.41) is 26.9. The van der Waals surface area contributed by atoms with Gasteiger partial charge in [0.1, 0.15) is 16.8 Å². The molecule has 0 bridgehead atoms. The summed E-state index contributed by atoms with van der Waals surface area (Å²) in [5.41, 5.74) is 1.95. The Balaban J connectivity index is 1.45. The first-order chi connectivity index (χ1) is 16.4. The van der Waals surface area contributed by atoms with Crippen molar-refractivity contribution in [2.45, 2.75) is 50.6 Å². The van der Waals surface area contributed by atoms with E-state index in [1.165, 1.54) is 42.7 Å². The minimum absolute atomic E-state index is 0.100. The van der Waals surface area contributed by atoms with Crippen LogP contribution in [0.3, 0.4) is 0 Å². The van der Waals surface area contributed by atoms with Gasteiger partial charge in [0.2, 0.25) is 4.80 Å². The maximum atomic E-state index is 12.7. The number of aromatic hydroxyl groups is 1. The lowest BCUT2D eigenvalue weighted by Gasteiger charge is -2.16. The second kappa shape index (κ2) is 10.6. The van der Waals surface area contributed by atoms with Gasteiger partial charge in [-0.1, -0.05) is 54.9 Å². The van der Waals surface area contributed by atoms with Gasteiger partial charge in [-0.25, -0.2) is 9.48 Å². The molecule has 1 saturated carbocycles. The summed E-state index contributed by atoms with van der Waals surface area (Å²) < 4.78 is 1.80. The van der Waals surface area contributed by atoms with Crippen LogP contribution in [0.25, 0.3) is 10.6 Å². The van der Waals surface area contributed by atoms with Crippen LogP contribution >= 0.6 is 11.3 Å². The minimum Gasteiger partial charge on any atom is -0.508 e. The van der Waals surface area contributed by atoms with Crippen molar-refractivity contribution in [1.29, 1.82) is 0 Å². The average molecular weight is 481 g/mol. The molecule has 178 valence electrons. The lowest BCUT2D eigenvalue weighted by Crippen LogP contribution is -2.42. The second-order valence-electron chi connectivity index (χ2n) is 8.55. The van der Waals surface area contributed by atoms with E-state index >= 15 is 0 Å². The van der Waals surface area contributed by atoms with E-state index in [1.807, 2.05) is 19.2 Å². The van der Waals surface area contributed by atoms with E-state index in [-0.39, 0.29) is 12.2 Å². The highest BCUT2D eigenvalue weighted by Gasteiger charge is 2.21. The fourth-order valence-corrected chi connectivity index (χ4v) is 4.98. The molecule has 1 aromatic heterocycles. The number of carbonyl (C=O) groups excluding carboxylic acids is 1. The van der Waals surface area contributed by atoms with E-state index in [9.17, 15) is 19.8 Å². The number of hydrogen-bond donors (Lipinski definition) is 3. The van der Waals surface area contributed by atoms with Crippen LogP contribution < -0.4 is 10.1 Å². The van der Waals surface area contributed by atoms with Gasteiger partial charge in [-0.3, -0.25) is 9.79 Å². The third-order valence-corrected chi connectivity index (χ3v) is 7.01. The number of hydrogen-bond acceptors (Lipinski definition) is 6. The van der Waals surface area contributed by atoms with Gasteiger partial charge < -0.3 is 15.5 Å². The molecule has 1 aliphatic carbocycles. The van der Waals surface area contributed by atoms with Gasteiger partial charge in [-0.05, 0) is 42.7 Å². The quantitative estimate of drug-likeness (QED) is 0.478. The van der Waals surface area contributed by atoms with E-state index in [1.54, 1.807) is 28.9 Å². The molecule has 0 spiro atoms. The molecule has 0 saturated heterocycles. The predicted octanol–water partition coefficient (Wildman–Crippen LogP) is 3.51. The second-order valence-corrected chi connectivity index (χ2v) is 9.50. The van der Waals surface area contributed by atoms with Gasteiger partial charge in [0.15, 0.2) is 0 Å². The number of phenols is 1. The summed E-state index contributed by atoms with van der Waals surface area (Å²) in [6.45, 7) is 0. The molecule has 9 heteroatoms. The first-order valence-electron chi connectivity index (χ1n) is 11.4. The van der Waals surface area contributed by atoms with E-state index in [0.717, 1.165) is 28.2 Å². The third-order valence-electron chi connectivity index (χ3n) is 5.95. The molecule has 1 atom stereocenters. The Bertz CT molecular complexity index is 1210. The molecule has 1 heterocycles. The molecule has 1 fully saturated rings. The van der Waals surface area contributed by atoms with E-state index in [2.05, 4.69) is 10.4 Å². The molecule has 3 N–H and O–H groups in total. The fourth-order valence-electron chi connectivity index (χ4n) is 4.02. The molecule has 1 unspecified atom stereocenters. The molecule has 34 heavy (non-hydrogen) atoms. The number of phenolic OH excluding ortho intramolecular Hbond substituents is 1. The lowest BCUT2D eigenvalue weighted by molar-refractivity contribution is -0.139. The summed E-state index contributed by atoms with van der Waals surface area (Å²) in [5.74, 6) is -1.48. The number of amides is 1. The van der Waals surface area contributed by atoms with Crippen molar-refractivity contribution in [1.82, 2.24) is 15.1 Å². The zero-order chi connectivity index (χ0) is 24.1. The minimum atomic E-state index is -1.12. The molecule has 2 aromatic carbocycles. The standard InChI is InChI=1S/C25H28N4O4S/c1-29-25(26-19-5-3-2-4-6-19)34-23(28-29)18-11-9-17(10-12-18)22(31)27-21(24(32)33)15-16-7-13-20(30)14-8-16/h7-14,19,21,30H,2-6,15H2,1H3,(H,27,31)(H,32,33). The number of aryl methyl sites for hydroxylation is 1. The van der Waals surface area contributed by atoms with Crippen LogP contribution in [-0.4, -0.2) is 44.0 Å². The highest BCUT2D eigenvalue weighted by Crippen LogP contribution is 2.22. The molecule has 8 nitrogen and oxygen atoms in total. The Morgan fingerprint density at radius 1 is 1.12 bits per heavy atom. The topological polar surface area (TPSA) is 117 Å². The Hall–Kier alpha value is -3.46. The van der Waals surface area contributed by atoms with Crippen molar-refractivity contribution < 1.29 is 19.8 Å². The number of rotatable bonds is 7. The largest absolute Gasteiger partial charge is 0.508 e. The van der Waals surface area contributed by atoms with E-state index in [4.69, 9.17) is 4.99 Å². The summed E-state index contributed by atoms with van der Waals surface area (Å²) >= 11 is 1.53. The molecular weight excluding hydrogens is 452 g/mol. The van der Waals surface area contributed by atoms with Crippen molar-refractivity contribution in [2.24, 2.45) is 12.0 Å². The Labute approximate surface area is 201 Å². The number of carboxylic acid groups (broad SMARTS) is 1. The summed E-state index contributed by atoms with van der Waals surface area (Å²) in [6, 6.07) is 12.5. The number of nitrogens with one attached hydrogen (secondary N) is 1. The van der Waals surface area contributed by atoms with Gasteiger partial charge >= 0.3 is 5.97 Å². The van der Waals surface area contributed by atoms with Crippen molar-refractivity contribution in [3.8, 4) is 16.3 Å². The van der Waals surface area contributed by atoms with Gasteiger partial charge in [-0.15, -0.1) is 0 Å². The van der Waals surface area contributed by atoms with Crippen molar-refractivity contribution in [2.75, 3.05) is 0 Å². The van der Waals surface area contributed by atoms with Crippen LogP contribution in [-0.2, 0) is 18.3 Å². The molecule has 0 aliphatic heterocycles. The normalized spacial score (nSPS) is 15.7. The monoisotopic (exact) mass is 480 g/mol. The van der Waals surface area contributed by atoms with Crippen LogP contribution in [0.1, 0.15) is 48.0 Å². The number of aliphatic carboxylic acids is 1. The SMILES string of the molecule is Cn1nc(-c2ccc(C(=O)NC(Cc3ccc(O)cc3)C(=O)O)cc2)sc1=NC1CCCCC1. The number of benzene rings is 2. The number of nitrogens with zero attached hydrogens (tertiary/aromatic N) is 3. The number of carbonyl (C=O) groups is 2. The zero-order valence-electron chi connectivity index (χ0n) is 19.0. The first kappa shape index (κ1) is 23.7. The van der Waals surface area contributed by atoms with Crippen molar-refractivity contribution >= 4 is 23.2 Å². The van der Waals surface area contributed by atoms with E-state index < -0.39 is 17.9 Å². The smallest absolute Gasteiger partial charge is 0.326 e. The van der Waals surface area contributed by atoms with Crippen molar-refractivity contribution in [3.05, 3.63) is 64.5 Å². The Morgan fingerprint density at radius 2 is 1.79 bits per heavy atom. The average Bonchev–Trinajstić information content (AvgIpc) is 3.20. The molecule has 4 rings (SSSR count). The number of aromatic nitrogens is 2. The van der Waals surface area contributed by atoms with E-state index in [0.29, 0.717) is 17.2 Å². The summed E-state index contributed by atoms with van der Waals surface area (Å²) in [6.07, 6.45) is 6.11. The molecule has 3 aromatic rings. The summed E-state index contributed by atoms with van der Waals surface area (Å²) in [4.78, 5) is 30.1. The maximum absolute atomic E-state index is 12.7. The van der Waals surface area contributed by atoms with Crippen LogP contribution in [0.15, 0.2) is 53.5 Å². The molecular formula is C25H28N4O4S. The first-order valence-corrected chi connectivity index (χ1v) is 12.2. The van der Waals surface area contributed by atoms with Crippen LogP contribution in [0.2, 0.25) is 0 Å². The van der Waals surface area contributed by atoms with Crippen LogP contribution in [0.4, 0.5) is 0 Å². The van der Waals surface area contributed by atoms with Gasteiger partial charge in [0.25, 0.3) is 5.91 Å². The van der Waals surface area contributed by atoms with Crippen LogP contribution in [0, 0.1) is 0 Å². The van der Waals surface area contributed by atoms with Crippen molar-refractivity contribution in [3.63, 3.8) is 0 Å². The molecule has 0 radical (unpaired) electrons. The molecule has 1 amide bonds. The zero-order valence-corrected chi connectivity index (χ0v) is 19.8. The lowest BCUT2D eigenvalue weighted by atomic mass is 9.96. The van der Waals surface area contributed by atoms with Crippen LogP contribution in [0.5, 0.6) is 5.75 Å². The Kier molecular flexibility index (Phi) is 7.42. The van der Waals surface area contributed by atoms with Gasteiger partial charge in [0.05, 0.1) is 6.04 Å². The van der Waals surface area contributed by atoms with Gasteiger partial charge in [0, 0.05) is 24.6 Å². The Morgan fingerprint density at radius 3 is 2.44 bits per heavy atom. The summed E-state index contributed by atoms with van der Waals surface area (Å²) in [7, 11) is 1.89. The highest BCUT2D eigenvalue weighted by atomic mass is 32.1. The maximum Gasteiger partial charge on any atom is 0.326 e. The predicted molar refractivity (Wildman–Crippen MR) is 130 cm³/mol. The van der Waals surface area contributed by atoms with Gasteiger partial charge in [-0.2, -0.15) is 5.10 Å². The molecule has 1 aliphatic rings. The third kappa shape index (κ3) is 5.91. The number of carboxylic acids is 1. The highest BCUT2D eigenvalue weighted by molar-refractivity contribution is 7.12. The fraction of sp³-hybridized carbons (Fsp3) is 0.360.